The minimum absolute atomic E-state index is 0.308. The molecule has 2 saturated heterocycles. The van der Waals surface area contributed by atoms with E-state index in [0.717, 1.165) is 77.0 Å². The number of hydrogen-bond donors (Lipinski definition) is 4. The third-order valence-corrected chi connectivity index (χ3v) is 6.98. The minimum Gasteiger partial charge on any atom is -0.496 e. The van der Waals surface area contributed by atoms with Crippen molar-refractivity contribution in [1.29, 1.82) is 0 Å². The number of H-pyrrole nitrogens is 2. The summed E-state index contributed by atoms with van der Waals surface area (Å²) in [5.41, 5.74) is 6.37. The smallest absolute Gasteiger partial charge is 0.128 e. The van der Waals surface area contributed by atoms with Crippen molar-refractivity contribution in [2.45, 2.75) is 37.8 Å². The Bertz CT molecular complexity index is 1260. The molecule has 2 aliphatic rings. The number of rotatable bonds is 6. The molecule has 2 aromatic carbocycles. The molecule has 6 rings (SSSR count). The van der Waals surface area contributed by atoms with Crippen molar-refractivity contribution in [1.82, 2.24) is 30.6 Å². The second kappa shape index (κ2) is 9.08. The third kappa shape index (κ3) is 4.02. The van der Waals surface area contributed by atoms with Gasteiger partial charge in [-0.3, -0.25) is 0 Å². The Labute approximate surface area is 199 Å². The molecule has 0 amide bonds. The molecule has 4 heterocycles. The van der Waals surface area contributed by atoms with Crippen molar-refractivity contribution < 1.29 is 4.74 Å². The molecular weight excluding hydrogens is 424 g/mol. The van der Waals surface area contributed by atoms with Gasteiger partial charge in [0.1, 0.15) is 17.4 Å². The van der Waals surface area contributed by atoms with Crippen molar-refractivity contribution >= 4 is 0 Å². The minimum atomic E-state index is 0.308. The lowest BCUT2D eigenvalue weighted by molar-refractivity contribution is 0.416. The molecule has 1 unspecified atom stereocenters. The van der Waals surface area contributed by atoms with Crippen LogP contribution in [0.4, 0.5) is 0 Å². The van der Waals surface area contributed by atoms with Crippen LogP contribution in [0.15, 0.2) is 54.9 Å². The van der Waals surface area contributed by atoms with Gasteiger partial charge in [-0.05, 0) is 67.6 Å². The molecule has 0 radical (unpaired) electrons. The van der Waals surface area contributed by atoms with Gasteiger partial charge in [0, 0.05) is 11.8 Å². The van der Waals surface area contributed by atoms with Crippen molar-refractivity contribution in [3.63, 3.8) is 0 Å². The highest BCUT2D eigenvalue weighted by atomic mass is 16.5. The summed E-state index contributed by atoms with van der Waals surface area (Å²) in [6.45, 7) is 2.11. The highest BCUT2D eigenvalue weighted by Gasteiger charge is 2.21. The summed E-state index contributed by atoms with van der Waals surface area (Å²) in [4.78, 5) is 16.3. The number of nitrogens with one attached hydrogen (secondary N) is 4. The van der Waals surface area contributed by atoms with Gasteiger partial charge in [0.2, 0.25) is 0 Å². The van der Waals surface area contributed by atoms with Crippen molar-refractivity contribution in [2.75, 3.05) is 20.2 Å². The van der Waals surface area contributed by atoms with Crippen LogP contribution in [0, 0.1) is 0 Å². The Balaban J connectivity index is 1.26. The first-order chi connectivity index (χ1) is 16.8. The number of aromatic amines is 2. The van der Waals surface area contributed by atoms with E-state index >= 15 is 0 Å². The number of nitrogens with zero attached hydrogens (tertiary/aromatic N) is 2. The Morgan fingerprint density at radius 2 is 1.56 bits per heavy atom. The summed E-state index contributed by atoms with van der Waals surface area (Å²) < 4.78 is 5.66. The molecule has 2 aromatic heterocycles. The summed E-state index contributed by atoms with van der Waals surface area (Å²) in [5.74, 6) is 2.85. The second-order valence-electron chi connectivity index (χ2n) is 9.14. The van der Waals surface area contributed by atoms with E-state index in [2.05, 4.69) is 62.0 Å². The molecule has 7 heteroatoms. The van der Waals surface area contributed by atoms with Crippen molar-refractivity contribution in [3.8, 4) is 39.4 Å². The molecule has 174 valence electrons. The molecule has 0 aliphatic carbocycles. The maximum Gasteiger partial charge on any atom is 0.128 e. The summed E-state index contributed by atoms with van der Waals surface area (Å²) in [6.07, 6.45) is 8.56. The molecule has 0 spiro atoms. The lowest BCUT2D eigenvalue weighted by Crippen LogP contribution is -2.14. The predicted molar refractivity (Wildman–Crippen MR) is 134 cm³/mol. The second-order valence-corrected chi connectivity index (χ2v) is 9.14. The SMILES string of the molecule is COc1ccc(-c2ccc(-c3cnc([C@@H]4CCCN4)[nH]3)cc2)cc1-c1c[nH]c(C2CCCN2)n1. The van der Waals surface area contributed by atoms with Crippen molar-refractivity contribution in [3.05, 3.63) is 66.5 Å². The number of imidazole rings is 2. The number of methoxy groups -OCH3 is 1. The van der Waals surface area contributed by atoms with Gasteiger partial charge in [0.15, 0.2) is 0 Å². The van der Waals surface area contributed by atoms with Gasteiger partial charge in [-0.25, -0.2) is 9.97 Å². The molecular formula is C27H30N6O. The molecule has 4 N–H and O–H groups in total. The monoisotopic (exact) mass is 454 g/mol. The molecule has 0 bridgehead atoms. The quantitative estimate of drug-likeness (QED) is 0.329. The van der Waals surface area contributed by atoms with E-state index in [4.69, 9.17) is 9.72 Å². The molecule has 4 aromatic rings. The molecule has 2 atom stereocenters. The van der Waals surface area contributed by atoms with E-state index in [0.29, 0.717) is 12.1 Å². The van der Waals surface area contributed by atoms with Crippen LogP contribution in [0.3, 0.4) is 0 Å². The Morgan fingerprint density at radius 3 is 2.26 bits per heavy atom. The zero-order chi connectivity index (χ0) is 22.9. The topological polar surface area (TPSA) is 90.6 Å². The summed E-state index contributed by atoms with van der Waals surface area (Å²) in [7, 11) is 1.71. The van der Waals surface area contributed by atoms with Crippen LogP contribution in [0.1, 0.15) is 49.4 Å². The fraction of sp³-hybridized carbons (Fsp3) is 0.333. The first-order valence-electron chi connectivity index (χ1n) is 12.1. The zero-order valence-corrected chi connectivity index (χ0v) is 19.4. The summed E-state index contributed by atoms with van der Waals surface area (Å²) >= 11 is 0. The number of aromatic nitrogens is 4. The number of hydrogen-bond acceptors (Lipinski definition) is 5. The van der Waals surface area contributed by atoms with Crippen LogP contribution in [0.25, 0.3) is 33.6 Å². The van der Waals surface area contributed by atoms with Gasteiger partial charge in [-0.15, -0.1) is 0 Å². The molecule has 34 heavy (non-hydrogen) atoms. The van der Waals surface area contributed by atoms with Crippen LogP contribution in [-0.4, -0.2) is 40.1 Å². The lowest BCUT2D eigenvalue weighted by Gasteiger charge is -2.10. The summed E-state index contributed by atoms with van der Waals surface area (Å²) in [5, 5.41) is 7.00. The molecule has 0 saturated carbocycles. The van der Waals surface area contributed by atoms with Crippen LogP contribution >= 0.6 is 0 Å². The van der Waals surface area contributed by atoms with E-state index in [1.54, 1.807) is 7.11 Å². The fourth-order valence-corrected chi connectivity index (χ4v) is 5.08. The Kier molecular flexibility index (Phi) is 5.65. The average Bonchev–Trinajstić information content (AvgIpc) is 3.70. The lowest BCUT2D eigenvalue weighted by atomic mass is 9.99. The molecule has 2 fully saturated rings. The first-order valence-corrected chi connectivity index (χ1v) is 12.1. The maximum atomic E-state index is 5.66. The van der Waals surface area contributed by atoms with Gasteiger partial charge in [-0.2, -0.15) is 0 Å². The number of benzene rings is 2. The average molecular weight is 455 g/mol. The largest absolute Gasteiger partial charge is 0.496 e. The highest BCUT2D eigenvalue weighted by molar-refractivity contribution is 5.77. The van der Waals surface area contributed by atoms with Gasteiger partial charge >= 0.3 is 0 Å². The zero-order valence-electron chi connectivity index (χ0n) is 19.4. The van der Waals surface area contributed by atoms with E-state index in [1.165, 1.54) is 12.8 Å². The van der Waals surface area contributed by atoms with Crippen LogP contribution in [0.5, 0.6) is 5.75 Å². The van der Waals surface area contributed by atoms with Gasteiger partial charge < -0.3 is 25.3 Å². The van der Waals surface area contributed by atoms with Gasteiger partial charge in [0.05, 0.1) is 36.8 Å². The maximum absolute atomic E-state index is 5.66. The fourth-order valence-electron chi connectivity index (χ4n) is 5.08. The van der Waals surface area contributed by atoms with E-state index in [1.807, 2.05) is 18.5 Å². The molecule has 7 nitrogen and oxygen atoms in total. The first kappa shape index (κ1) is 21.1. The third-order valence-electron chi connectivity index (χ3n) is 6.98. The normalized spacial score (nSPS) is 20.1. The van der Waals surface area contributed by atoms with Gasteiger partial charge in [-0.1, -0.05) is 30.3 Å². The number of ether oxygens (including phenoxy) is 1. The van der Waals surface area contributed by atoms with Gasteiger partial charge in [0.25, 0.3) is 0 Å². The summed E-state index contributed by atoms with van der Waals surface area (Å²) in [6, 6.07) is 15.6. The van der Waals surface area contributed by atoms with Crippen LogP contribution in [0.2, 0.25) is 0 Å². The Hall–Kier alpha value is -3.42. The van der Waals surface area contributed by atoms with E-state index in [9.17, 15) is 0 Å². The van der Waals surface area contributed by atoms with E-state index in [-0.39, 0.29) is 0 Å². The van der Waals surface area contributed by atoms with E-state index < -0.39 is 0 Å². The predicted octanol–water partition coefficient (Wildman–Crippen LogP) is 4.99. The van der Waals surface area contributed by atoms with Crippen LogP contribution < -0.4 is 15.4 Å². The molecule has 2 aliphatic heterocycles. The van der Waals surface area contributed by atoms with Crippen molar-refractivity contribution in [2.24, 2.45) is 0 Å². The van der Waals surface area contributed by atoms with Crippen LogP contribution in [-0.2, 0) is 0 Å². The Morgan fingerprint density at radius 1 is 0.853 bits per heavy atom. The standard InChI is InChI=1S/C27H30N6O/c1-34-25-11-10-19(14-20(25)24-16-31-27(33-24)22-5-3-13-29-22)17-6-8-18(9-7-17)23-15-30-26(32-23)21-4-2-12-28-21/h6-11,14-16,21-22,28-29H,2-5,12-13H2,1H3,(H,30,32)(H,31,33)/t21-,22?/m0/s1. The highest BCUT2D eigenvalue weighted by Crippen LogP contribution is 2.35.